The van der Waals surface area contributed by atoms with Gasteiger partial charge in [-0.3, -0.25) is 9.84 Å². The number of benzene rings is 2. The van der Waals surface area contributed by atoms with Crippen molar-refractivity contribution in [2.75, 3.05) is 9.84 Å². The zero-order valence-electron chi connectivity index (χ0n) is 10.1. The Labute approximate surface area is 107 Å². The van der Waals surface area contributed by atoms with Gasteiger partial charge in [-0.05, 0) is 31.1 Å². The molecular weight excluding hydrogens is 223 g/mol. The number of para-hydroxylation sites is 2. The van der Waals surface area contributed by atoms with Crippen molar-refractivity contribution < 1.29 is 0 Å². The predicted octanol–water partition coefficient (Wildman–Crippen LogP) is 3.41. The molecule has 4 nitrogen and oxygen atoms in total. The highest BCUT2D eigenvalue weighted by Gasteiger charge is 2.33. The van der Waals surface area contributed by atoms with E-state index in [0.717, 1.165) is 11.4 Å². The molecular formula is C13H13BN4. The summed E-state index contributed by atoms with van der Waals surface area (Å²) < 4.78 is 0. The van der Waals surface area contributed by atoms with Crippen LogP contribution in [0.1, 0.15) is 0 Å². The van der Waals surface area contributed by atoms with Crippen molar-refractivity contribution >= 4 is 18.4 Å². The summed E-state index contributed by atoms with van der Waals surface area (Å²) in [6.45, 7) is 2.16. The van der Waals surface area contributed by atoms with Gasteiger partial charge in [-0.2, -0.15) is 0 Å². The number of anilines is 2. The van der Waals surface area contributed by atoms with Crippen LogP contribution in [0.5, 0.6) is 0 Å². The van der Waals surface area contributed by atoms with Crippen LogP contribution in [-0.2, 0) is 0 Å². The monoisotopic (exact) mass is 236 g/mol. The van der Waals surface area contributed by atoms with Crippen molar-refractivity contribution in [2.24, 2.45) is 10.4 Å². The molecule has 0 amide bonds. The predicted molar refractivity (Wildman–Crippen MR) is 74.3 cm³/mol. The highest BCUT2D eigenvalue weighted by atomic mass is 15.7. The maximum atomic E-state index is 4.23. The molecule has 5 heteroatoms. The Hall–Kier alpha value is -2.30. The SMILES string of the molecule is CB1N(c2ccccc2)N=NN1c1ccccc1. The van der Waals surface area contributed by atoms with E-state index >= 15 is 0 Å². The Morgan fingerprint density at radius 2 is 1.11 bits per heavy atom. The minimum Gasteiger partial charge on any atom is -0.265 e. The van der Waals surface area contributed by atoms with Gasteiger partial charge in [0, 0.05) is 11.4 Å². The molecule has 2 aromatic carbocycles. The summed E-state index contributed by atoms with van der Waals surface area (Å²) in [7, 11) is 0. The molecule has 1 heterocycles. The first-order chi connectivity index (χ1) is 8.86. The second-order valence-corrected chi connectivity index (χ2v) is 4.17. The van der Waals surface area contributed by atoms with Gasteiger partial charge in [0.05, 0.1) is 0 Å². The summed E-state index contributed by atoms with van der Waals surface area (Å²) in [6, 6.07) is 20.1. The molecule has 0 radical (unpaired) electrons. The largest absolute Gasteiger partial charge is 0.421 e. The highest BCUT2D eigenvalue weighted by molar-refractivity contribution is 6.66. The molecule has 2 aromatic rings. The van der Waals surface area contributed by atoms with Gasteiger partial charge in [0.2, 0.25) is 0 Å². The number of rotatable bonds is 2. The Balaban J connectivity index is 1.86. The van der Waals surface area contributed by atoms with Crippen LogP contribution < -0.4 is 9.84 Å². The molecule has 0 saturated heterocycles. The van der Waals surface area contributed by atoms with E-state index in [4.69, 9.17) is 0 Å². The third kappa shape index (κ3) is 1.84. The van der Waals surface area contributed by atoms with Gasteiger partial charge in [-0.1, -0.05) is 46.8 Å². The van der Waals surface area contributed by atoms with Crippen molar-refractivity contribution in [3.05, 3.63) is 60.7 Å². The minimum atomic E-state index is 0.0785. The fourth-order valence-corrected chi connectivity index (χ4v) is 2.04. The number of hydrogen-bond donors (Lipinski definition) is 0. The van der Waals surface area contributed by atoms with Crippen LogP contribution in [0.15, 0.2) is 71.1 Å². The fraction of sp³-hybridized carbons (Fsp3) is 0.0769. The van der Waals surface area contributed by atoms with Gasteiger partial charge in [0.25, 0.3) is 0 Å². The van der Waals surface area contributed by atoms with Gasteiger partial charge in [0.15, 0.2) is 0 Å². The molecule has 0 aromatic heterocycles. The Morgan fingerprint density at radius 3 is 1.50 bits per heavy atom. The lowest BCUT2D eigenvalue weighted by atomic mass is 9.77. The standard InChI is InChI=1S/C13H13BN4/c1-14-17(12-8-4-2-5-9-12)15-16-18(14)13-10-6-3-7-11-13/h2-11H,1H3. The zero-order chi connectivity index (χ0) is 12.4. The number of hydrogen-bond acceptors (Lipinski definition) is 4. The molecule has 0 aliphatic carbocycles. The summed E-state index contributed by atoms with van der Waals surface area (Å²) in [5, 5.41) is 8.46. The summed E-state index contributed by atoms with van der Waals surface area (Å²) in [5.74, 6) is 0. The quantitative estimate of drug-likeness (QED) is 0.748. The van der Waals surface area contributed by atoms with E-state index in [1.807, 2.05) is 70.5 Å². The second kappa shape index (κ2) is 4.53. The van der Waals surface area contributed by atoms with Gasteiger partial charge in [0.1, 0.15) is 0 Å². The van der Waals surface area contributed by atoms with Gasteiger partial charge in [-0.15, -0.1) is 0 Å². The molecule has 0 bridgehead atoms. The van der Waals surface area contributed by atoms with E-state index in [9.17, 15) is 0 Å². The van der Waals surface area contributed by atoms with Crippen LogP contribution in [0, 0.1) is 0 Å². The van der Waals surface area contributed by atoms with Gasteiger partial charge < -0.3 is 0 Å². The average Bonchev–Trinajstić information content (AvgIpc) is 2.83. The Bertz CT molecular complexity index is 494. The van der Waals surface area contributed by atoms with Crippen LogP contribution in [0.2, 0.25) is 6.82 Å². The lowest BCUT2D eigenvalue weighted by molar-refractivity contribution is 1.01. The second-order valence-electron chi connectivity index (χ2n) is 4.17. The summed E-state index contributed by atoms with van der Waals surface area (Å²) in [4.78, 5) is 3.82. The van der Waals surface area contributed by atoms with Gasteiger partial charge >= 0.3 is 6.98 Å². The smallest absolute Gasteiger partial charge is 0.265 e. The first-order valence-corrected chi connectivity index (χ1v) is 5.96. The Kier molecular flexibility index (Phi) is 2.72. The summed E-state index contributed by atoms with van der Waals surface area (Å²) in [5.41, 5.74) is 2.10. The van der Waals surface area contributed by atoms with Crippen molar-refractivity contribution in [3.63, 3.8) is 0 Å². The molecule has 0 fully saturated rings. The maximum Gasteiger partial charge on any atom is 0.421 e. The highest BCUT2D eigenvalue weighted by Crippen LogP contribution is 2.26. The molecule has 18 heavy (non-hydrogen) atoms. The van der Waals surface area contributed by atoms with Crippen LogP contribution in [-0.4, -0.2) is 6.98 Å². The lowest BCUT2D eigenvalue weighted by Gasteiger charge is -2.21. The van der Waals surface area contributed by atoms with Gasteiger partial charge in [-0.25, -0.2) is 0 Å². The first kappa shape index (κ1) is 10.8. The van der Waals surface area contributed by atoms with Crippen molar-refractivity contribution in [1.29, 1.82) is 0 Å². The lowest BCUT2D eigenvalue weighted by Crippen LogP contribution is -2.40. The molecule has 1 aliphatic rings. The molecule has 1 aliphatic heterocycles. The van der Waals surface area contributed by atoms with E-state index in [-0.39, 0.29) is 6.98 Å². The van der Waals surface area contributed by atoms with E-state index < -0.39 is 0 Å². The van der Waals surface area contributed by atoms with Crippen molar-refractivity contribution in [1.82, 2.24) is 0 Å². The minimum absolute atomic E-state index is 0.0785. The third-order valence-corrected chi connectivity index (χ3v) is 2.98. The zero-order valence-corrected chi connectivity index (χ0v) is 10.1. The summed E-state index contributed by atoms with van der Waals surface area (Å²) >= 11 is 0. The van der Waals surface area contributed by atoms with Crippen LogP contribution in [0.4, 0.5) is 11.4 Å². The average molecular weight is 236 g/mol. The maximum absolute atomic E-state index is 4.23. The van der Waals surface area contributed by atoms with Crippen molar-refractivity contribution in [3.8, 4) is 0 Å². The van der Waals surface area contributed by atoms with E-state index in [1.165, 1.54) is 0 Å². The third-order valence-electron chi connectivity index (χ3n) is 2.98. The van der Waals surface area contributed by atoms with Crippen LogP contribution >= 0.6 is 0 Å². The van der Waals surface area contributed by atoms with E-state index in [1.54, 1.807) is 0 Å². The first-order valence-electron chi connectivity index (χ1n) is 5.96. The molecule has 88 valence electrons. The van der Waals surface area contributed by atoms with Crippen LogP contribution in [0.3, 0.4) is 0 Å². The van der Waals surface area contributed by atoms with Crippen LogP contribution in [0.25, 0.3) is 0 Å². The molecule has 0 spiro atoms. The normalized spacial score (nSPS) is 14.4. The van der Waals surface area contributed by atoms with E-state index in [0.29, 0.717) is 0 Å². The molecule has 0 atom stereocenters. The number of nitrogens with zero attached hydrogens (tertiary/aromatic N) is 4. The summed E-state index contributed by atoms with van der Waals surface area (Å²) in [6.07, 6.45) is 0. The topological polar surface area (TPSA) is 31.2 Å². The molecule has 3 rings (SSSR count). The Morgan fingerprint density at radius 1 is 0.722 bits per heavy atom. The fourth-order valence-electron chi connectivity index (χ4n) is 2.04. The molecule has 0 unspecified atom stereocenters. The van der Waals surface area contributed by atoms with E-state index in [2.05, 4.69) is 17.3 Å². The molecule has 0 saturated carbocycles. The van der Waals surface area contributed by atoms with Crippen molar-refractivity contribution in [2.45, 2.75) is 6.82 Å². The molecule has 0 N–H and O–H groups in total.